The molecule has 0 aromatic carbocycles. The molecule has 1 heterocycles. The molecule has 0 spiro atoms. The summed E-state index contributed by atoms with van der Waals surface area (Å²) in [7, 11) is 1.74. The van der Waals surface area contributed by atoms with Crippen molar-refractivity contribution in [1.82, 2.24) is 15.6 Å². The molecule has 0 aromatic heterocycles. The summed E-state index contributed by atoms with van der Waals surface area (Å²) in [4.78, 5) is 20.8. The van der Waals surface area contributed by atoms with Gasteiger partial charge in [0.25, 0.3) is 6.47 Å². The normalized spacial score (nSPS) is 15.9. The van der Waals surface area contributed by atoms with E-state index in [1.165, 1.54) is 5.01 Å². The first kappa shape index (κ1) is 10.7. The van der Waals surface area contributed by atoms with Crippen LogP contribution in [0.5, 0.6) is 0 Å². The third kappa shape index (κ3) is 3.19. The van der Waals surface area contributed by atoms with E-state index in [0.29, 0.717) is 26.2 Å². The number of nitrogens with zero attached hydrogens (tertiary/aromatic N) is 2. The maximum Gasteiger partial charge on any atom is 0.425 e. The van der Waals surface area contributed by atoms with Crippen LogP contribution in [-0.2, 0) is 14.3 Å². The van der Waals surface area contributed by atoms with Gasteiger partial charge in [-0.25, -0.2) is 14.8 Å². The van der Waals surface area contributed by atoms with Gasteiger partial charge in [0.2, 0.25) is 0 Å². The molecule has 0 aromatic rings. The number of ether oxygens (including phenoxy) is 2. The summed E-state index contributed by atoms with van der Waals surface area (Å²) in [5.74, 6) is 0. The van der Waals surface area contributed by atoms with Gasteiger partial charge in [-0.2, -0.15) is 5.53 Å². The monoisotopic (exact) mass is 203 g/mol. The van der Waals surface area contributed by atoms with Gasteiger partial charge in [-0.3, -0.25) is 4.79 Å². The Morgan fingerprint density at radius 2 is 2.57 bits per heavy atom. The molecule has 1 aliphatic rings. The summed E-state index contributed by atoms with van der Waals surface area (Å²) in [6.45, 7) is 2.05. The van der Waals surface area contributed by atoms with Crippen molar-refractivity contribution in [2.45, 2.75) is 0 Å². The van der Waals surface area contributed by atoms with Crippen molar-refractivity contribution < 1.29 is 19.1 Å². The van der Waals surface area contributed by atoms with Crippen molar-refractivity contribution in [3.05, 3.63) is 0 Å². The SMILES string of the molecule is CN(CCOC=O)NN1CCOC1=O. The molecule has 0 unspecified atom stereocenters. The van der Waals surface area contributed by atoms with Gasteiger partial charge >= 0.3 is 6.09 Å². The number of likely N-dealkylation sites (N-methyl/N-ethyl adjacent to an activating group) is 1. The van der Waals surface area contributed by atoms with Gasteiger partial charge < -0.3 is 9.47 Å². The molecular formula is C7H13N3O4. The second-order valence-electron chi connectivity index (χ2n) is 2.75. The number of hydrazine groups is 2. The summed E-state index contributed by atoms with van der Waals surface area (Å²) >= 11 is 0. The molecule has 1 fully saturated rings. The first-order valence-corrected chi connectivity index (χ1v) is 4.21. The number of hydrogen-bond acceptors (Lipinski definition) is 6. The van der Waals surface area contributed by atoms with Gasteiger partial charge in [-0.15, -0.1) is 0 Å². The molecule has 1 saturated heterocycles. The molecular weight excluding hydrogens is 190 g/mol. The number of carbonyl (C=O) groups excluding carboxylic acids is 2. The van der Waals surface area contributed by atoms with Crippen molar-refractivity contribution in [2.75, 3.05) is 33.4 Å². The Bertz CT molecular complexity index is 211. The maximum absolute atomic E-state index is 11.0. The third-order valence-corrected chi connectivity index (χ3v) is 1.66. The molecule has 1 amide bonds. The maximum atomic E-state index is 11.0. The molecule has 7 nitrogen and oxygen atoms in total. The first-order chi connectivity index (χ1) is 6.74. The predicted molar refractivity (Wildman–Crippen MR) is 45.8 cm³/mol. The minimum absolute atomic E-state index is 0.274. The zero-order valence-electron chi connectivity index (χ0n) is 7.93. The molecule has 1 N–H and O–H groups in total. The molecule has 0 aliphatic carbocycles. The fourth-order valence-electron chi connectivity index (χ4n) is 0.978. The summed E-state index contributed by atoms with van der Waals surface area (Å²) in [6.07, 6.45) is -0.395. The van der Waals surface area contributed by atoms with E-state index in [9.17, 15) is 9.59 Å². The number of cyclic esters (lactones) is 1. The lowest BCUT2D eigenvalue weighted by Crippen LogP contribution is -2.49. The fraction of sp³-hybridized carbons (Fsp3) is 0.714. The highest BCUT2D eigenvalue weighted by atomic mass is 16.6. The number of rotatable bonds is 6. The van der Waals surface area contributed by atoms with Gasteiger partial charge in [0.15, 0.2) is 0 Å². The Hall–Kier alpha value is -1.34. The van der Waals surface area contributed by atoms with Crippen molar-refractivity contribution >= 4 is 12.6 Å². The molecule has 0 bridgehead atoms. The van der Waals surface area contributed by atoms with Crippen LogP contribution in [0.1, 0.15) is 0 Å². The van der Waals surface area contributed by atoms with Crippen molar-refractivity contribution in [2.24, 2.45) is 0 Å². The smallest absolute Gasteiger partial charge is 0.425 e. The van der Waals surface area contributed by atoms with Gasteiger partial charge in [0, 0.05) is 13.6 Å². The van der Waals surface area contributed by atoms with Gasteiger partial charge in [0.1, 0.15) is 13.2 Å². The summed E-state index contributed by atoms with van der Waals surface area (Å²) in [6, 6.07) is 0. The Balaban J connectivity index is 2.15. The lowest BCUT2D eigenvalue weighted by atomic mass is 10.7. The van der Waals surface area contributed by atoms with Crippen LogP contribution < -0.4 is 5.53 Å². The summed E-state index contributed by atoms with van der Waals surface area (Å²) in [5.41, 5.74) is 2.78. The van der Waals surface area contributed by atoms with Gasteiger partial charge in [-0.1, -0.05) is 0 Å². The molecule has 1 aliphatic heterocycles. The number of carbonyl (C=O) groups is 2. The second-order valence-corrected chi connectivity index (χ2v) is 2.75. The van der Waals surface area contributed by atoms with E-state index in [0.717, 1.165) is 0 Å². The largest absolute Gasteiger partial charge is 0.466 e. The van der Waals surface area contributed by atoms with E-state index >= 15 is 0 Å². The zero-order valence-corrected chi connectivity index (χ0v) is 7.93. The molecule has 80 valence electrons. The lowest BCUT2D eigenvalue weighted by molar-refractivity contribution is -0.129. The van der Waals surface area contributed by atoms with Crippen LogP contribution >= 0.6 is 0 Å². The predicted octanol–water partition coefficient (Wildman–Crippen LogP) is -1.04. The number of nitrogens with one attached hydrogen (secondary N) is 1. The van der Waals surface area contributed by atoms with E-state index in [1.807, 2.05) is 0 Å². The van der Waals surface area contributed by atoms with Crippen LogP contribution in [0.15, 0.2) is 0 Å². The highest BCUT2D eigenvalue weighted by molar-refractivity contribution is 5.68. The fourth-order valence-corrected chi connectivity index (χ4v) is 0.978. The Kier molecular flexibility index (Phi) is 4.14. The molecule has 0 radical (unpaired) electrons. The van der Waals surface area contributed by atoms with E-state index in [2.05, 4.69) is 10.3 Å². The highest BCUT2D eigenvalue weighted by Gasteiger charge is 2.22. The number of amides is 1. The average Bonchev–Trinajstić information content (AvgIpc) is 2.52. The zero-order chi connectivity index (χ0) is 10.4. The van der Waals surface area contributed by atoms with E-state index in [4.69, 9.17) is 4.74 Å². The molecule has 1 rings (SSSR count). The lowest BCUT2D eigenvalue weighted by Gasteiger charge is -2.22. The minimum Gasteiger partial charge on any atom is -0.466 e. The third-order valence-electron chi connectivity index (χ3n) is 1.66. The molecule has 7 heteroatoms. The van der Waals surface area contributed by atoms with Crippen LogP contribution in [0.3, 0.4) is 0 Å². The minimum atomic E-state index is -0.395. The number of hydrogen-bond donors (Lipinski definition) is 1. The summed E-state index contributed by atoms with van der Waals surface area (Å²) in [5, 5.41) is 2.98. The highest BCUT2D eigenvalue weighted by Crippen LogP contribution is 1.98. The Morgan fingerprint density at radius 3 is 3.14 bits per heavy atom. The standard InChI is InChI=1S/C7H13N3O4/c1-9(2-4-13-6-11)8-10-3-5-14-7(10)12/h6,8H,2-5H2,1H3. The average molecular weight is 203 g/mol. The molecule has 14 heavy (non-hydrogen) atoms. The molecule has 0 saturated carbocycles. The topological polar surface area (TPSA) is 71.1 Å². The van der Waals surface area contributed by atoms with Crippen molar-refractivity contribution in [1.29, 1.82) is 0 Å². The first-order valence-electron chi connectivity index (χ1n) is 4.21. The van der Waals surface area contributed by atoms with Crippen molar-refractivity contribution in [3.8, 4) is 0 Å². The van der Waals surface area contributed by atoms with Crippen LogP contribution in [0.4, 0.5) is 4.79 Å². The summed E-state index contributed by atoms with van der Waals surface area (Å²) < 4.78 is 9.20. The van der Waals surface area contributed by atoms with E-state index in [1.54, 1.807) is 12.1 Å². The van der Waals surface area contributed by atoms with Gasteiger partial charge in [-0.05, 0) is 0 Å². The second kappa shape index (κ2) is 5.40. The van der Waals surface area contributed by atoms with Crippen LogP contribution in [0.2, 0.25) is 0 Å². The van der Waals surface area contributed by atoms with E-state index < -0.39 is 6.09 Å². The van der Waals surface area contributed by atoms with E-state index in [-0.39, 0.29) is 6.61 Å². The van der Waals surface area contributed by atoms with Gasteiger partial charge in [0.05, 0.1) is 6.54 Å². The quantitative estimate of drug-likeness (QED) is 0.338. The molecule has 0 atom stereocenters. The Labute approximate surface area is 81.5 Å². The van der Waals surface area contributed by atoms with Crippen LogP contribution in [-0.4, -0.2) is 55.9 Å². The van der Waals surface area contributed by atoms with Crippen LogP contribution in [0.25, 0.3) is 0 Å². The van der Waals surface area contributed by atoms with Crippen molar-refractivity contribution in [3.63, 3.8) is 0 Å². The Morgan fingerprint density at radius 1 is 1.79 bits per heavy atom. The van der Waals surface area contributed by atoms with Crippen LogP contribution in [0, 0.1) is 0 Å².